The summed E-state index contributed by atoms with van der Waals surface area (Å²) in [6.07, 6.45) is 0. The van der Waals surface area contributed by atoms with Gasteiger partial charge in [-0.1, -0.05) is 12.1 Å². The van der Waals surface area contributed by atoms with Crippen LogP contribution >= 0.6 is 0 Å². The Kier molecular flexibility index (Phi) is 4.61. The van der Waals surface area contributed by atoms with Crippen LogP contribution in [0.3, 0.4) is 0 Å². The van der Waals surface area contributed by atoms with E-state index < -0.39 is 12.2 Å². The van der Waals surface area contributed by atoms with Gasteiger partial charge in [-0.15, -0.1) is 0 Å². The van der Waals surface area contributed by atoms with Gasteiger partial charge in [0.05, 0.1) is 5.54 Å². The maximum atomic E-state index is 12.0. The quantitative estimate of drug-likeness (QED) is 0.844. The molecule has 0 bridgehead atoms. The summed E-state index contributed by atoms with van der Waals surface area (Å²) in [7, 11) is 0. The number of halogens is 2. The van der Waals surface area contributed by atoms with Crippen molar-refractivity contribution in [3.8, 4) is 5.75 Å². The lowest BCUT2D eigenvalue weighted by Crippen LogP contribution is -2.48. The van der Waals surface area contributed by atoms with Gasteiger partial charge < -0.3 is 15.8 Å². The lowest BCUT2D eigenvalue weighted by atomic mass is 10.1. The number of nitrogens with one attached hydrogen (secondary N) is 1. The summed E-state index contributed by atoms with van der Waals surface area (Å²) >= 11 is 0. The number of hydrogen-bond donors (Lipinski definition) is 2. The Morgan fingerprint density at radius 3 is 2.72 bits per heavy atom. The van der Waals surface area contributed by atoms with Crippen LogP contribution in [0.2, 0.25) is 0 Å². The Bertz CT molecular complexity index is 417. The molecular weight excluding hydrogens is 242 g/mol. The normalized spacial score (nSPS) is 11.4. The fourth-order valence-corrected chi connectivity index (χ4v) is 1.24. The van der Waals surface area contributed by atoms with Gasteiger partial charge in [-0.3, -0.25) is 4.79 Å². The molecule has 0 saturated carbocycles. The molecule has 0 unspecified atom stereocenters. The average Bonchev–Trinajstić information content (AvgIpc) is 2.24. The van der Waals surface area contributed by atoms with Crippen LogP contribution < -0.4 is 15.8 Å². The summed E-state index contributed by atoms with van der Waals surface area (Å²) in [5.74, 6) is -0.258. The van der Waals surface area contributed by atoms with Gasteiger partial charge in [0.1, 0.15) is 5.75 Å². The zero-order valence-electron chi connectivity index (χ0n) is 10.2. The predicted molar refractivity (Wildman–Crippen MR) is 63.2 cm³/mol. The molecule has 0 aliphatic carbocycles. The van der Waals surface area contributed by atoms with Gasteiger partial charge in [-0.2, -0.15) is 8.78 Å². The van der Waals surface area contributed by atoms with Gasteiger partial charge in [-0.05, 0) is 31.5 Å². The number of benzene rings is 1. The van der Waals surface area contributed by atoms with E-state index in [1.54, 1.807) is 26.0 Å². The summed E-state index contributed by atoms with van der Waals surface area (Å²) in [6.45, 7) is 0.509. The van der Waals surface area contributed by atoms with Crippen LogP contribution in [0.1, 0.15) is 19.4 Å². The van der Waals surface area contributed by atoms with Crippen LogP contribution in [0.25, 0.3) is 0 Å². The first-order chi connectivity index (χ1) is 8.29. The molecule has 100 valence electrons. The number of amides is 1. The molecule has 0 aromatic heterocycles. The molecule has 1 rings (SSSR count). The molecule has 0 aliphatic rings. The first-order valence-corrected chi connectivity index (χ1v) is 5.40. The van der Waals surface area contributed by atoms with Crippen molar-refractivity contribution in [1.29, 1.82) is 0 Å². The summed E-state index contributed by atoms with van der Waals surface area (Å²) < 4.78 is 28.3. The van der Waals surface area contributed by atoms with Crippen LogP contribution in [-0.2, 0) is 11.3 Å². The Hall–Kier alpha value is -1.69. The molecule has 1 amide bonds. The Balaban J connectivity index is 2.60. The number of carbonyl (C=O) groups is 1. The van der Waals surface area contributed by atoms with E-state index in [2.05, 4.69) is 10.1 Å². The van der Waals surface area contributed by atoms with Crippen molar-refractivity contribution in [3.63, 3.8) is 0 Å². The van der Waals surface area contributed by atoms with Crippen LogP contribution in [0.4, 0.5) is 8.78 Å². The van der Waals surface area contributed by atoms with Crippen molar-refractivity contribution in [2.24, 2.45) is 5.73 Å². The lowest BCUT2D eigenvalue weighted by Gasteiger charge is -2.17. The molecule has 0 spiro atoms. The standard InChI is InChI=1S/C12H16F2N2O2/c1-12(2,15)10(17)16-7-8-4-3-5-9(6-8)18-11(13)14/h3-6,11H,7,15H2,1-2H3,(H,16,17). The third kappa shape index (κ3) is 4.67. The molecule has 1 aromatic rings. The van der Waals surface area contributed by atoms with Crippen molar-refractivity contribution in [2.45, 2.75) is 32.5 Å². The molecular formula is C12H16F2N2O2. The Morgan fingerprint density at radius 2 is 2.17 bits per heavy atom. The van der Waals surface area contributed by atoms with Crippen LogP contribution in [0, 0.1) is 0 Å². The molecule has 18 heavy (non-hydrogen) atoms. The molecule has 3 N–H and O–H groups in total. The lowest BCUT2D eigenvalue weighted by molar-refractivity contribution is -0.125. The van der Waals surface area contributed by atoms with Gasteiger partial charge in [0.25, 0.3) is 0 Å². The molecule has 0 radical (unpaired) electrons. The molecule has 1 aromatic carbocycles. The van der Waals surface area contributed by atoms with Gasteiger partial charge in [0, 0.05) is 6.54 Å². The molecule has 6 heteroatoms. The largest absolute Gasteiger partial charge is 0.435 e. The van der Waals surface area contributed by atoms with E-state index in [9.17, 15) is 13.6 Å². The third-order valence-electron chi connectivity index (χ3n) is 2.16. The van der Waals surface area contributed by atoms with Gasteiger partial charge in [0.15, 0.2) is 0 Å². The SMILES string of the molecule is CC(C)(N)C(=O)NCc1cccc(OC(F)F)c1. The Morgan fingerprint density at radius 1 is 1.50 bits per heavy atom. The molecule has 0 heterocycles. The minimum atomic E-state index is -2.86. The van der Waals surface area contributed by atoms with Crippen molar-refractivity contribution in [2.75, 3.05) is 0 Å². The van der Waals surface area contributed by atoms with E-state index in [4.69, 9.17) is 5.73 Å². The number of nitrogens with two attached hydrogens (primary N) is 1. The average molecular weight is 258 g/mol. The fraction of sp³-hybridized carbons (Fsp3) is 0.417. The number of carbonyl (C=O) groups excluding carboxylic acids is 1. The van der Waals surface area contributed by atoms with E-state index in [1.807, 2.05) is 0 Å². The maximum absolute atomic E-state index is 12.0. The van der Waals surface area contributed by atoms with Crippen LogP contribution in [0.5, 0.6) is 5.75 Å². The van der Waals surface area contributed by atoms with Gasteiger partial charge in [-0.25, -0.2) is 0 Å². The summed E-state index contributed by atoms with van der Waals surface area (Å²) in [5, 5.41) is 2.61. The molecule has 0 atom stereocenters. The number of ether oxygens (including phenoxy) is 1. The summed E-state index contributed by atoms with van der Waals surface area (Å²) in [6, 6.07) is 6.13. The topological polar surface area (TPSA) is 64.4 Å². The van der Waals surface area contributed by atoms with E-state index >= 15 is 0 Å². The van der Waals surface area contributed by atoms with Gasteiger partial charge in [0.2, 0.25) is 5.91 Å². The van der Waals surface area contributed by atoms with E-state index in [-0.39, 0.29) is 18.2 Å². The zero-order valence-corrected chi connectivity index (χ0v) is 10.2. The molecule has 0 saturated heterocycles. The zero-order chi connectivity index (χ0) is 13.8. The molecule has 4 nitrogen and oxygen atoms in total. The highest BCUT2D eigenvalue weighted by molar-refractivity contribution is 5.84. The second-order valence-corrected chi connectivity index (χ2v) is 4.43. The minimum absolute atomic E-state index is 0.0590. The Labute approximate surface area is 104 Å². The van der Waals surface area contributed by atoms with E-state index in [0.717, 1.165) is 0 Å². The number of rotatable bonds is 5. The van der Waals surface area contributed by atoms with Gasteiger partial charge >= 0.3 is 6.61 Å². The van der Waals surface area contributed by atoms with Crippen molar-refractivity contribution in [3.05, 3.63) is 29.8 Å². The van der Waals surface area contributed by atoms with E-state index in [0.29, 0.717) is 5.56 Å². The second kappa shape index (κ2) is 5.77. The summed E-state index contributed by atoms with van der Waals surface area (Å²) in [4.78, 5) is 11.5. The van der Waals surface area contributed by atoms with Crippen molar-refractivity contribution < 1.29 is 18.3 Å². The van der Waals surface area contributed by atoms with Crippen molar-refractivity contribution in [1.82, 2.24) is 5.32 Å². The molecule has 0 fully saturated rings. The van der Waals surface area contributed by atoms with Crippen LogP contribution in [0.15, 0.2) is 24.3 Å². The van der Waals surface area contributed by atoms with E-state index in [1.165, 1.54) is 12.1 Å². The fourth-order valence-electron chi connectivity index (χ4n) is 1.24. The second-order valence-electron chi connectivity index (χ2n) is 4.43. The number of alkyl halides is 2. The smallest absolute Gasteiger partial charge is 0.387 e. The monoisotopic (exact) mass is 258 g/mol. The third-order valence-corrected chi connectivity index (χ3v) is 2.16. The highest BCUT2D eigenvalue weighted by Crippen LogP contribution is 2.15. The highest BCUT2D eigenvalue weighted by atomic mass is 19.3. The maximum Gasteiger partial charge on any atom is 0.387 e. The van der Waals surface area contributed by atoms with Crippen LogP contribution in [-0.4, -0.2) is 18.1 Å². The first-order valence-electron chi connectivity index (χ1n) is 5.40. The number of hydrogen-bond acceptors (Lipinski definition) is 3. The minimum Gasteiger partial charge on any atom is -0.435 e. The predicted octanol–water partition coefficient (Wildman–Crippen LogP) is 1.64. The highest BCUT2D eigenvalue weighted by Gasteiger charge is 2.21. The first kappa shape index (κ1) is 14.4. The molecule has 0 aliphatic heterocycles. The van der Waals surface area contributed by atoms with Crippen molar-refractivity contribution >= 4 is 5.91 Å². The summed E-state index contributed by atoms with van der Waals surface area (Å²) in [5.41, 5.74) is 5.29.